The van der Waals surface area contributed by atoms with Crippen LogP contribution in [0.1, 0.15) is 22.3 Å². The number of benzene rings is 3. The van der Waals surface area contributed by atoms with E-state index >= 15 is 0 Å². The zero-order valence-electron chi connectivity index (χ0n) is 17.2. The van der Waals surface area contributed by atoms with Crippen LogP contribution in [0.4, 0.5) is 0 Å². The summed E-state index contributed by atoms with van der Waals surface area (Å²) in [6.07, 6.45) is 0.311. The molecule has 0 fully saturated rings. The van der Waals surface area contributed by atoms with Crippen LogP contribution in [-0.2, 0) is 24.3 Å². The Bertz CT molecular complexity index is 898. The summed E-state index contributed by atoms with van der Waals surface area (Å²) in [7, 11) is 3.22. The highest BCUT2D eigenvalue weighted by Crippen LogP contribution is 2.30. The third-order valence-corrected chi connectivity index (χ3v) is 4.97. The van der Waals surface area contributed by atoms with E-state index in [9.17, 15) is 4.79 Å². The Morgan fingerprint density at radius 2 is 1.28 bits per heavy atom. The summed E-state index contributed by atoms with van der Waals surface area (Å²) in [5, 5.41) is 0. The van der Waals surface area contributed by atoms with Crippen LogP contribution >= 0.6 is 0 Å². The molecule has 29 heavy (non-hydrogen) atoms. The third-order valence-electron chi connectivity index (χ3n) is 4.97. The van der Waals surface area contributed by atoms with Gasteiger partial charge in [0.1, 0.15) is 0 Å². The minimum Gasteiger partial charge on any atom is -0.493 e. The topological polar surface area (TPSA) is 38.8 Å². The molecule has 1 amide bonds. The SMILES string of the molecule is COc1cc(C)c(CC(=O)N(Cc2ccccc2)Cc2ccccc2)cc1OC. The number of carbonyl (C=O) groups excluding carboxylic acids is 1. The average molecular weight is 389 g/mol. The van der Waals surface area contributed by atoms with E-state index in [1.165, 1.54) is 0 Å². The Kier molecular flexibility index (Phi) is 6.90. The molecule has 3 rings (SSSR count). The number of nitrogens with zero attached hydrogens (tertiary/aromatic N) is 1. The second-order valence-electron chi connectivity index (χ2n) is 7.03. The molecule has 0 saturated heterocycles. The molecule has 0 spiro atoms. The smallest absolute Gasteiger partial charge is 0.227 e. The lowest BCUT2D eigenvalue weighted by atomic mass is 10.0. The van der Waals surface area contributed by atoms with Crippen molar-refractivity contribution in [1.82, 2.24) is 4.90 Å². The van der Waals surface area contributed by atoms with Crippen molar-refractivity contribution >= 4 is 5.91 Å². The highest BCUT2D eigenvalue weighted by molar-refractivity contribution is 5.79. The predicted molar refractivity (Wildman–Crippen MR) is 115 cm³/mol. The molecule has 0 N–H and O–H groups in total. The van der Waals surface area contributed by atoms with Crippen molar-refractivity contribution in [3.8, 4) is 11.5 Å². The monoisotopic (exact) mass is 389 g/mol. The number of carbonyl (C=O) groups is 1. The van der Waals surface area contributed by atoms with Gasteiger partial charge in [-0.05, 0) is 41.3 Å². The standard InChI is InChI=1S/C25H27NO3/c1-19-14-23(28-2)24(29-3)15-22(19)16-25(27)26(17-20-10-6-4-7-11-20)18-21-12-8-5-9-13-21/h4-15H,16-18H2,1-3H3. The molecule has 0 bridgehead atoms. The first-order chi connectivity index (χ1) is 14.1. The fourth-order valence-corrected chi connectivity index (χ4v) is 3.33. The first-order valence-electron chi connectivity index (χ1n) is 9.68. The molecule has 0 radical (unpaired) electrons. The zero-order chi connectivity index (χ0) is 20.6. The van der Waals surface area contributed by atoms with Gasteiger partial charge in [-0.15, -0.1) is 0 Å². The van der Waals surface area contributed by atoms with Gasteiger partial charge in [0.15, 0.2) is 11.5 Å². The van der Waals surface area contributed by atoms with Crippen molar-refractivity contribution in [2.24, 2.45) is 0 Å². The third kappa shape index (κ3) is 5.38. The molecular weight excluding hydrogens is 362 g/mol. The van der Waals surface area contributed by atoms with Gasteiger partial charge >= 0.3 is 0 Å². The van der Waals surface area contributed by atoms with Crippen LogP contribution in [0, 0.1) is 6.92 Å². The maximum atomic E-state index is 13.3. The Hall–Kier alpha value is -3.27. The lowest BCUT2D eigenvalue weighted by Gasteiger charge is -2.24. The maximum absolute atomic E-state index is 13.3. The maximum Gasteiger partial charge on any atom is 0.227 e. The van der Waals surface area contributed by atoms with Crippen LogP contribution in [0.15, 0.2) is 72.8 Å². The number of hydrogen-bond donors (Lipinski definition) is 0. The van der Waals surface area contributed by atoms with Gasteiger partial charge in [-0.2, -0.15) is 0 Å². The summed E-state index contributed by atoms with van der Waals surface area (Å²) in [6, 6.07) is 24.0. The van der Waals surface area contributed by atoms with Crippen LogP contribution in [-0.4, -0.2) is 25.0 Å². The molecule has 0 unspecified atom stereocenters. The van der Waals surface area contributed by atoms with Crippen molar-refractivity contribution in [1.29, 1.82) is 0 Å². The summed E-state index contributed by atoms with van der Waals surface area (Å²) >= 11 is 0. The largest absolute Gasteiger partial charge is 0.493 e. The molecule has 3 aromatic carbocycles. The van der Waals surface area contributed by atoms with E-state index in [4.69, 9.17) is 9.47 Å². The second-order valence-corrected chi connectivity index (χ2v) is 7.03. The summed E-state index contributed by atoms with van der Waals surface area (Å²) < 4.78 is 10.8. The van der Waals surface area contributed by atoms with Crippen LogP contribution < -0.4 is 9.47 Å². The first-order valence-corrected chi connectivity index (χ1v) is 9.68. The fourth-order valence-electron chi connectivity index (χ4n) is 3.33. The van der Waals surface area contributed by atoms with Gasteiger partial charge in [0.2, 0.25) is 5.91 Å². The number of aryl methyl sites for hydroxylation is 1. The van der Waals surface area contributed by atoms with Crippen molar-refractivity contribution in [2.45, 2.75) is 26.4 Å². The minimum absolute atomic E-state index is 0.0769. The molecular formula is C25H27NO3. The van der Waals surface area contributed by atoms with E-state index in [2.05, 4.69) is 0 Å². The molecule has 150 valence electrons. The van der Waals surface area contributed by atoms with Gasteiger partial charge in [-0.25, -0.2) is 0 Å². The van der Waals surface area contributed by atoms with Crippen molar-refractivity contribution in [3.63, 3.8) is 0 Å². The second kappa shape index (κ2) is 9.78. The van der Waals surface area contributed by atoms with E-state index in [1.807, 2.05) is 84.6 Å². The number of ether oxygens (including phenoxy) is 2. The van der Waals surface area contributed by atoms with Crippen LogP contribution in [0.5, 0.6) is 11.5 Å². The predicted octanol–water partition coefficient (Wildman–Crippen LogP) is 4.78. The highest BCUT2D eigenvalue weighted by Gasteiger charge is 2.18. The minimum atomic E-state index is 0.0769. The van der Waals surface area contributed by atoms with Crippen LogP contribution in [0.2, 0.25) is 0 Å². The average Bonchev–Trinajstić information content (AvgIpc) is 2.75. The van der Waals surface area contributed by atoms with E-state index in [0.29, 0.717) is 31.0 Å². The van der Waals surface area contributed by atoms with Gasteiger partial charge in [0, 0.05) is 13.1 Å². The van der Waals surface area contributed by atoms with Crippen molar-refractivity contribution in [3.05, 3.63) is 95.1 Å². The lowest BCUT2D eigenvalue weighted by Crippen LogP contribution is -2.31. The van der Waals surface area contributed by atoms with Gasteiger partial charge < -0.3 is 14.4 Å². The Morgan fingerprint density at radius 1 is 0.793 bits per heavy atom. The highest BCUT2D eigenvalue weighted by atomic mass is 16.5. The molecule has 0 aromatic heterocycles. The van der Waals surface area contributed by atoms with Crippen molar-refractivity contribution < 1.29 is 14.3 Å². The normalized spacial score (nSPS) is 10.4. The molecule has 3 aromatic rings. The molecule has 4 nitrogen and oxygen atoms in total. The zero-order valence-corrected chi connectivity index (χ0v) is 17.2. The summed E-state index contributed by atoms with van der Waals surface area (Å²) in [6.45, 7) is 3.13. The van der Waals surface area contributed by atoms with Gasteiger partial charge in [0.25, 0.3) is 0 Å². The Labute approximate surface area is 172 Å². The van der Waals surface area contributed by atoms with E-state index in [0.717, 1.165) is 22.3 Å². The first kappa shape index (κ1) is 20.5. The number of hydrogen-bond acceptors (Lipinski definition) is 3. The molecule has 0 aliphatic carbocycles. The fraction of sp³-hybridized carbons (Fsp3) is 0.240. The van der Waals surface area contributed by atoms with Gasteiger partial charge in [0.05, 0.1) is 20.6 Å². The van der Waals surface area contributed by atoms with E-state index in [-0.39, 0.29) is 5.91 Å². The molecule has 0 heterocycles. The van der Waals surface area contributed by atoms with Crippen LogP contribution in [0.25, 0.3) is 0 Å². The van der Waals surface area contributed by atoms with Crippen molar-refractivity contribution in [2.75, 3.05) is 14.2 Å². The van der Waals surface area contributed by atoms with Crippen LogP contribution in [0.3, 0.4) is 0 Å². The molecule has 0 aliphatic rings. The molecule has 0 atom stereocenters. The molecule has 0 aliphatic heterocycles. The Balaban J connectivity index is 1.84. The summed E-state index contributed by atoms with van der Waals surface area (Å²) in [5.74, 6) is 1.39. The number of rotatable bonds is 8. The van der Waals surface area contributed by atoms with E-state index in [1.54, 1.807) is 14.2 Å². The van der Waals surface area contributed by atoms with Gasteiger partial charge in [-0.1, -0.05) is 60.7 Å². The lowest BCUT2D eigenvalue weighted by molar-refractivity contribution is -0.131. The van der Waals surface area contributed by atoms with E-state index < -0.39 is 0 Å². The summed E-state index contributed by atoms with van der Waals surface area (Å²) in [5.41, 5.74) is 4.18. The Morgan fingerprint density at radius 3 is 1.76 bits per heavy atom. The summed E-state index contributed by atoms with van der Waals surface area (Å²) in [4.78, 5) is 15.2. The number of amides is 1. The quantitative estimate of drug-likeness (QED) is 0.556. The van der Waals surface area contributed by atoms with Gasteiger partial charge in [-0.3, -0.25) is 4.79 Å². The number of methoxy groups -OCH3 is 2. The molecule has 0 saturated carbocycles. The molecule has 4 heteroatoms.